The number of quaternary nitrogens is 1. The summed E-state index contributed by atoms with van der Waals surface area (Å²) in [5.41, 5.74) is 0.772. The minimum atomic E-state index is 0.772. The fraction of sp³-hybridized carbons (Fsp3) is 1.00. The maximum atomic E-state index is 2.37. The van der Waals surface area contributed by atoms with E-state index in [0.717, 1.165) is 23.2 Å². The van der Waals surface area contributed by atoms with Crippen molar-refractivity contribution in [1.82, 2.24) is 0 Å². The minimum absolute atomic E-state index is 0.772. The van der Waals surface area contributed by atoms with Crippen LogP contribution < -0.4 is 4.90 Å². The summed E-state index contributed by atoms with van der Waals surface area (Å²) >= 11 is 0. The molecular weight excluding hydrogens is 206 g/mol. The van der Waals surface area contributed by atoms with E-state index in [4.69, 9.17) is 0 Å². The van der Waals surface area contributed by atoms with Gasteiger partial charge in [-0.3, -0.25) is 0 Å². The Bertz CT molecular complexity index is 253. The fourth-order valence-corrected chi connectivity index (χ4v) is 5.62. The summed E-state index contributed by atoms with van der Waals surface area (Å²) in [5.74, 6) is 3.33. The average molecular weight is 236 g/mol. The zero-order chi connectivity index (χ0) is 11.9. The van der Waals surface area contributed by atoms with Crippen molar-refractivity contribution in [2.75, 3.05) is 19.6 Å². The van der Waals surface area contributed by atoms with Crippen LogP contribution in [0, 0.1) is 23.2 Å². The second-order valence-corrected chi connectivity index (χ2v) is 7.39. The summed E-state index contributed by atoms with van der Waals surface area (Å²) in [6, 6.07) is 0. The Hall–Kier alpha value is -0.0400. The lowest BCUT2D eigenvalue weighted by Crippen LogP contribution is -3.12. The lowest BCUT2D eigenvalue weighted by molar-refractivity contribution is -0.904. The number of hydrogen-bond acceptors (Lipinski definition) is 0. The molecule has 0 aromatic carbocycles. The number of hydrogen-bond donors (Lipinski definition) is 1. The molecular formula is C16H30N+. The van der Waals surface area contributed by atoms with Crippen LogP contribution in [0.2, 0.25) is 0 Å². The molecule has 0 spiro atoms. The maximum Gasteiger partial charge on any atom is 0.0828 e. The van der Waals surface area contributed by atoms with Gasteiger partial charge in [-0.2, -0.15) is 0 Å². The Labute approximate surface area is 107 Å². The molecule has 4 rings (SSSR count). The van der Waals surface area contributed by atoms with Crippen molar-refractivity contribution < 1.29 is 4.90 Å². The van der Waals surface area contributed by atoms with Crippen molar-refractivity contribution in [3.05, 3.63) is 0 Å². The topological polar surface area (TPSA) is 4.44 Å². The molecule has 98 valence electrons. The van der Waals surface area contributed by atoms with E-state index in [9.17, 15) is 0 Å². The van der Waals surface area contributed by atoms with Gasteiger partial charge in [0.15, 0.2) is 0 Å². The lowest BCUT2D eigenvalue weighted by atomic mass is 9.58. The quantitative estimate of drug-likeness (QED) is 0.765. The zero-order valence-corrected chi connectivity index (χ0v) is 11.8. The molecule has 0 heterocycles. The van der Waals surface area contributed by atoms with Crippen LogP contribution >= 0.6 is 0 Å². The van der Waals surface area contributed by atoms with Crippen LogP contribution in [0.5, 0.6) is 0 Å². The van der Waals surface area contributed by atoms with Gasteiger partial charge in [-0.15, -0.1) is 0 Å². The van der Waals surface area contributed by atoms with Gasteiger partial charge in [0.2, 0.25) is 0 Å². The Morgan fingerprint density at radius 2 is 1.41 bits per heavy atom. The predicted molar refractivity (Wildman–Crippen MR) is 72.1 cm³/mol. The van der Waals surface area contributed by atoms with Gasteiger partial charge in [-0.25, -0.2) is 0 Å². The summed E-state index contributed by atoms with van der Waals surface area (Å²) in [5, 5.41) is 0. The molecule has 0 aromatic rings. The third kappa shape index (κ3) is 2.28. The fourth-order valence-electron chi connectivity index (χ4n) is 5.62. The van der Waals surface area contributed by atoms with Crippen LogP contribution in [0.25, 0.3) is 0 Å². The van der Waals surface area contributed by atoms with Crippen LogP contribution in [0.3, 0.4) is 0 Å². The van der Waals surface area contributed by atoms with E-state index in [1.807, 2.05) is 4.90 Å². The molecule has 0 radical (unpaired) electrons. The first-order chi connectivity index (χ1) is 8.23. The van der Waals surface area contributed by atoms with Crippen LogP contribution in [0.15, 0.2) is 0 Å². The standard InChI is InChI=1S/C16H29N/c1-3-17(4-2)12-16-9-13-5-6-14(10-16)8-15(7-13)11-16/h13-15H,3-12H2,1-2H3/p+1/t13-,14+,15?,16?. The van der Waals surface area contributed by atoms with E-state index in [-0.39, 0.29) is 0 Å². The summed E-state index contributed by atoms with van der Waals surface area (Å²) in [6.07, 6.45) is 11.1. The van der Waals surface area contributed by atoms with Crippen molar-refractivity contribution in [2.45, 2.75) is 58.8 Å². The number of fused-ring (bicyclic) bond motifs is 1. The van der Waals surface area contributed by atoms with Crippen LogP contribution in [0.4, 0.5) is 0 Å². The molecule has 4 atom stereocenters. The summed E-state index contributed by atoms with van der Waals surface area (Å²) in [7, 11) is 0. The molecule has 4 bridgehead atoms. The van der Waals surface area contributed by atoms with Crippen molar-refractivity contribution in [3.8, 4) is 0 Å². The Morgan fingerprint density at radius 3 is 1.94 bits per heavy atom. The molecule has 0 aromatic heterocycles. The van der Waals surface area contributed by atoms with E-state index in [2.05, 4.69) is 13.8 Å². The van der Waals surface area contributed by atoms with Gasteiger partial charge in [0.1, 0.15) is 0 Å². The molecule has 1 heteroatoms. The first kappa shape index (κ1) is 12.0. The highest BCUT2D eigenvalue weighted by molar-refractivity contribution is 4.98. The molecule has 1 nitrogen and oxygen atoms in total. The third-order valence-corrected chi connectivity index (χ3v) is 6.11. The first-order valence-corrected chi connectivity index (χ1v) is 8.06. The van der Waals surface area contributed by atoms with Crippen molar-refractivity contribution in [3.63, 3.8) is 0 Å². The SMILES string of the molecule is CC[NH+](CC)CC12CC3C[C@@H](CC[C@@H](C3)C1)C2. The van der Waals surface area contributed by atoms with Gasteiger partial charge in [0.05, 0.1) is 19.6 Å². The highest BCUT2D eigenvalue weighted by Gasteiger charge is 2.49. The molecule has 17 heavy (non-hydrogen) atoms. The molecule has 4 aliphatic rings. The van der Waals surface area contributed by atoms with Gasteiger partial charge in [0, 0.05) is 5.41 Å². The summed E-state index contributed by atoms with van der Waals surface area (Å²) < 4.78 is 0. The lowest BCUT2D eigenvalue weighted by Gasteiger charge is -2.48. The summed E-state index contributed by atoms with van der Waals surface area (Å²) in [6.45, 7) is 8.89. The predicted octanol–water partition coefficient (Wildman–Crippen LogP) is 2.52. The molecule has 0 aliphatic heterocycles. The highest BCUT2D eigenvalue weighted by atomic mass is 15.1. The molecule has 0 amide bonds. The smallest absolute Gasteiger partial charge is 0.0828 e. The molecule has 4 saturated carbocycles. The summed E-state index contributed by atoms with van der Waals surface area (Å²) in [4.78, 5) is 1.85. The van der Waals surface area contributed by atoms with Crippen LogP contribution in [0.1, 0.15) is 58.8 Å². The normalized spacial score (nSPS) is 44.3. The monoisotopic (exact) mass is 236 g/mol. The van der Waals surface area contributed by atoms with Gasteiger partial charge in [0.25, 0.3) is 0 Å². The third-order valence-electron chi connectivity index (χ3n) is 6.11. The average Bonchev–Trinajstić information content (AvgIpc) is 2.52. The van der Waals surface area contributed by atoms with Crippen molar-refractivity contribution in [1.29, 1.82) is 0 Å². The van der Waals surface area contributed by atoms with E-state index < -0.39 is 0 Å². The van der Waals surface area contributed by atoms with E-state index >= 15 is 0 Å². The Kier molecular flexibility index (Phi) is 3.23. The minimum Gasteiger partial charge on any atom is -0.335 e. The second kappa shape index (κ2) is 4.57. The Balaban J connectivity index is 1.77. The molecule has 4 aliphatic carbocycles. The first-order valence-electron chi connectivity index (χ1n) is 8.06. The van der Waals surface area contributed by atoms with Crippen molar-refractivity contribution >= 4 is 0 Å². The van der Waals surface area contributed by atoms with Crippen molar-refractivity contribution in [2.24, 2.45) is 23.2 Å². The zero-order valence-electron chi connectivity index (χ0n) is 11.8. The highest BCUT2D eigenvalue weighted by Crippen LogP contribution is 2.57. The van der Waals surface area contributed by atoms with Gasteiger partial charge < -0.3 is 4.90 Å². The molecule has 1 N–H and O–H groups in total. The van der Waals surface area contributed by atoms with E-state index in [1.165, 1.54) is 19.6 Å². The molecule has 0 saturated heterocycles. The van der Waals surface area contributed by atoms with E-state index in [0.29, 0.717) is 0 Å². The van der Waals surface area contributed by atoms with Gasteiger partial charge in [-0.05, 0) is 63.7 Å². The van der Waals surface area contributed by atoms with Crippen LogP contribution in [-0.2, 0) is 0 Å². The second-order valence-electron chi connectivity index (χ2n) is 7.39. The largest absolute Gasteiger partial charge is 0.335 e. The van der Waals surface area contributed by atoms with Gasteiger partial charge in [-0.1, -0.05) is 12.8 Å². The molecule has 2 unspecified atom stereocenters. The van der Waals surface area contributed by atoms with Crippen LogP contribution in [-0.4, -0.2) is 19.6 Å². The van der Waals surface area contributed by atoms with E-state index in [1.54, 1.807) is 44.9 Å². The number of nitrogens with one attached hydrogen (secondary N) is 1. The number of rotatable bonds is 4. The molecule has 4 fully saturated rings. The maximum absolute atomic E-state index is 2.37. The van der Waals surface area contributed by atoms with Gasteiger partial charge >= 0.3 is 0 Å². The Morgan fingerprint density at radius 1 is 0.882 bits per heavy atom.